The molecule has 3 aliphatic heterocycles. The molecule has 61 heavy (non-hydrogen) atoms. The molecule has 5 heterocycles. The summed E-state index contributed by atoms with van der Waals surface area (Å²) in [5, 5.41) is 16.8. The maximum absolute atomic E-state index is 15.2. The summed E-state index contributed by atoms with van der Waals surface area (Å²) in [7, 11) is 3.21. The number of benzene rings is 3. The fraction of sp³-hybridized carbons (Fsp3) is 0.340. The number of phenols is 1. The molecule has 5 aromatic rings. The molecule has 5 aliphatic rings. The molecule has 0 radical (unpaired) electrons. The van der Waals surface area contributed by atoms with Crippen molar-refractivity contribution in [3.05, 3.63) is 101 Å². The average Bonchev–Trinajstić information content (AvgIpc) is 3.94. The summed E-state index contributed by atoms with van der Waals surface area (Å²) in [5.74, 6) is -3.80. The molecular formula is C47H44ClN5O7S. The number of aryl methyl sites for hydroxylation is 2. The van der Waals surface area contributed by atoms with E-state index in [0.717, 1.165) is 50.4 Å². The molecule has 0 spiro atoms. The number of halogens is 1. The van der Waals surface area contributed by atoms with Crippen LogP contribution >= 0.6 is 22.9 Å². The zero-order chi connectivity index (χ0) is 42.5. The number of hydrogen-bond donors (Lipinski definition) is 1. The monoisotopic (exact) mass is 857 g/mol. The van der Waals surface area contributed by atoms with Crippen LogP contribution in [0.1, 0.15) is 30.9 Å². The molecule has 4 fully saturated rings. The number of aromatic nitrogens is 2. The first kappa shape index (κ1) is 39.4. The Morgan fingerprint density at radius 2 is 1.69 bits per heavy atom. The van der Waals surface area contributed by atoms with Crippen LogP contribution in [0.3, 0.4) is 0 Å². The summed E-state index contributed by atoms with van der Waals surface area (Å²) in [6.07, 6.45) is 6.40. The van der Waals surface area contributed by atoms with Crippen molar-refractivity contribution in [2.75, 3.05) is 48.1 Å². The van der Waals surface area contributed by atoms with Gasteiger partial charge in [0.25, 0.3) is 0 Å². The fourth-order valence-electron chi connectivity index (χ4n) is 10.5. The number of hydrogen-bond acceptors (Lipinski definition) is 10. The average molecular weight is 858 g/mol. The smallest absolute Gasteiger partial charge is 0.242 e. The number of phenolic OH excluding ortho intramolecular Hbond substituents is 1. The molecule has 10 rings (SSSR count). The van der Waals surface area contributed by atoms with Crippen molar-refractivity contribution >= 4 is 79.9 Å². The number of amides is 4. The van der Waals surface area contributed by atoms with Crippen LogP contribution in [0.15, 0.2) is 84.5 Å². The van der Waals surface area contributed by atoms with E-state index >= 15 is 4.79 Å². The molecule has 0 bridgehead atoms. The maximum atomic E-state index is 15.2. The van der Waals surface area contributed by atoms with Gasteiger partial charge in [-0.1, -0.05) is 41.5 Å². The van der Waals surface area contributed by atoms with Gasteiger partial charge in [-0.05, 0) is 104 Å². The van der Waals surface area contributed by atoms with Crippen LogP contribution in [0.4, 0.5) is 17.2 Å². The van der Waals surface area contributed by atoms with Gasteiger partial charge in [0.15, 0.2) is 11.5 Å². The second kappa shape index (κ2) is 14.7. The zero-order valence-corrected chi connectivity index (χ0v) is 35.7. The molecule has 312 valence electrons. The lowest BCUT2D eigenvalue weighted by Crippen LogP contribution is -2.49. The van der Waals surface area contributed by atoms with E-state index < -0.39 is 35.0 Å². The van der Waals surface area contributed by atoms with Gasteiger partial charge in [-0.15, -0.1) is 11.3 Å². The lowest BCUT2D eigenvalue weighted by atomic mass is 9.52. The first-order chi connectivity index (χ1) is 29.4. The summed E-state index contributed by atoms with van der Waals surface area (Å²) >= 11 is 7.92. The van der Waals surface area contributed by atoms with Crippen LogP contribution < -0.4 is 19.4 Å². The van der Waals surface area contributed by atoms with Crippen molar-refractivity contribution in [2.24, 2.45) is 42.1 Å². The number of thiophene rings is 1. The third-order valence-corrected chi connectivity index (χ3v) is 15.3. The molecule has 4 amide bonds. The standard InChI is InChI=1S/C47H44ClN5O7S/c1-25-32-22-27(48)7-16-39(32)61-42(25)36-24-40(50(3)49-36)53-44(56)35-23-33-30(34(47(35,2)46(53)58)14-5-26-6-15-37(54)38(21-26)59-4)12-13-31-41(33)45(57)52(43(31)55)29-10-8-28(9-11-29)51-17-19-60-20-18-51/h5-12,14-16,21-22,24,31,33-35,41,54H,13,17-20,23H2,1-4H3. The number of ether oxygens (including phenoxy) is 2. The molecular weight excluding hydrogens is 814 g/mol. The molecule has 2 aromatic heterocycles. The van der Waals surface area contributed by atoms with E-state index in [0.29, 0.717) is 47.6 Å². The highest BCUT2D eigenvalue weighted by Crippen LogP contribution is 2.61. The summed E-state index contributed by atoms with van der Waals surface area (Å²) < 4.78 is 13.5. The normalized spacial score (nSPS) is 26.3. The number of allylic oxidation sites excluding steroid dienone is 3. The topological polar surface area (TPSA) is 135 Å². The van der Waals surface area contributed by atoms with Crippen LogP contribution in [0.25, 0.3) is 26.7 Å². The van der Waals surface area contributed by atoms with Gasteiger partial charge in [0.2, 0.25) is 23.6 Å². The number of carbonyl (C=O) groups excluding carboxylic acids is 4. The second-order valence-electron chi connectivity index (χ2n) is 16.8. The lowest BCUT2D eigenvalue weighted by molar-refractivity contribution is -0.132. The van der Waals surface area contributed by atoms with Crippen LogP contribution in [0, 0.1) is 41.9 Å². The van der Waals surface area contributed by atoms with Crippen molar-refractivity contribution < 1.29 is 33.8 Å². The Hall–Kier alpha value is -5.76. The predicted molar refractivity (Wildman–Crippen MR) is 235 cm³/mol. The van der Waals surface area contributed by atoms with Crippen molar-refractivity contribution in [1.82, 2.24) is 9.78 Å². The summed E-state index contributed by atoms with van der Waals surface area (Å²) in [6, 6.07) is 20.1. The minimum atomic E-state index is -1.24. The van der Waals surface area contributed by atoms with Gasteiger partial charge < -0.3 is 19.5 Å². The van der Waals surface area contributed by atoms with Gasteiger partial charge in [0, 0.05) is 47.5 Å². The largest absolute Gasteiger partial charge is 0.504 e. The Morgan fingerprint density at radius 3 is 2.44 bits per heavy atom. The molecule has 1 saturated carbocycles. The third kappa shape index (κ3) is 6.06. The third-order valence-electron chi connectivity index (χ3n) is 13.7. The van der Waals surface area contributed by atoms with Gasteiger partial charge >= 0.3 is 0 Å². The number of imide groups is 2. The van der Waals surface area contributed by atoms with Crippen LogP contribution in [-0.4, -0.2) is 71.9 Å². The summed E-state index contributed by atoms with van der Waals surface area (Å²) in [4.78, 5) is 64.8. The van der Waals surface area contributed by atoms with Gasteiger partial charge in [-0.25, -0.2) is 4.90 Å². The van der Waals surface area contributed by atoms with Gasteiger partial charge in [-0.2, -0.15) is 5.10 Å². The highest BCUT2D eigenvalue weighted by atomic mass is 35.5. The van der Waals surface area contributed by atoms with Crippen LogP contribution in [0.2, 0.25) is 5.02 Å². The first-order valence-electron chi connectivity index (χ1n) is 20.6. The minimum Gasteiger partial charge on any atom is -0.504 e. The number of rotatable bonds is 7. The Kier molecular flexibility index (Phi) is 9.50. The number of fused-ring (bicyclic) bond motifs is 5. The molecule has 1 N–H and O–H groups in total. The van der Waals surface area contributed by atoms with Crippen molar-refractivity contribution in [3.63, 3.8) is 0 Å². The molecule has 6 unspecified atom stereocenters. The number of methoxy groups -OCH3 is 1. The number of anilines is 3. The number of carbonyl (C=O) groups is 4. The van der Waals surface area contributed by atoms with E-state index in [1.165, 1.54) is 16.9 Å². The Labute approximate surface area is 361 Å². The van der Waals surface area contributed by atoms with Crippen LogP contribution in [0.5, 0.6) is 11.5 Å². The summed E-state index contributed by atoms with van der Waals surface area (Å²) in [6.45, 7) is 6.68. The van der Waals surface area contributed by atoms with Crippen molar-refractivity contribution in [3.8, 4) is 22.1 Å². The lowest BCUT2D eigenvalue weighted by Gasteiger charge is -2.47. The van der Waals surface area contributed by atoms with Crippen molar-refractivity contribution in [1.29, 1.82) is 0 Å². The number of nitrogens with zero attached hydrogens (tertiary/aromatic N) is 5. The van der Waals surface area contributed by atoms with Gasteiger partial charge in [0.1, 0.15) is 11.5 Å². The molecule has 3 saturated heterocycles. The van der Waals surface area contributed by atoms with Crippen LogP contribution in [-0.2, 0) is 31.0 Å². The highest BCUT2D eigenvalue weighted by Gasteiger charge is 2.67. The Morgan fingerprint density at radius 1 is 0.934 bits per heavy atom. The molecule has 12 nitrogen and oxygen atoms in total. The SMILES string of the molecule is COc1cc(C=CC2C3=CCC4C(=O)N(c5ccc(N6CCOCC6)cc5)C(=O)C4C3CC3C(=O)N(c4cc(-c5sc6ccc(Cl)cc6c5C)nn4C)C(=O)C23C)ccc1O. The summed E-state index contributed by atoms with van der Waals surface area (Å²) in [5.41, 5.74) is 3.52. The molecule has 2 aliphatic carbocycles. The molecule has 3 aromatic carbocycles. The number of aromatic hydroxyl groups is 1. The minimum absolute atomic E-state index is 0.00691. The quantitative estimate of drug-likeness (QED) is 0.129. The Bertz CT molecular complexity index is 2730. The first-order valence-corrected chi connectivity index (χ1v) is 21.8. The van der Waals surface area contributed by atoms with Crippen molar-refractivity contribution in [2.45, 2.75) is 26.7 Å². The second-order valence-corrected chi connectivity index (χ2v) is 18.3. The van der Waals surface area contributed by atoms with E-state index in [1.54, 1.807) is 47.3 Å². The Balaban J connectivity index is 1.03. The zero-order valence-electron chi connectivity index (χ0n) is 34.1. The maximum Gasteiger partial charge on any atom is 0.242 e. The highest BCUT2D eigenvalue weighted by molar-refractivity contribution is 7.22. The number of morpholine rings is 1. The fourth-order valence-corrected chi connectivity index (χ4v) is 11.9. The van der Waals surface area contributed by atoms with E-state index in [-0.39, 0.29) is 35.8 Å². The van der Waals surface area contributed by atoms with E-state index in [9.17, 15) is 19.5 Å². The predicted octanol–water partition coefficient (Wildman–Crippen LogP) is 7.80. The molecule has 14 heteroatoms. The van der Waals surface area contributed by atoms with E-state index in [4.69, 9.17) is 26.2 Å². The van der Waals surface area contributed by atoms with Gasteiger partial charge in [0.05, 0.1) is 54.1 Å². The van der Waals surface area contributed by atoms with Gasteiger partial charge in [-0.3, -0.25) is 28.8 Å². The van der Waals surface area contributed by atoms with E-state index in [1.807, 2.05) is 74.5 Å². The molecule has 6 atom stereocenters. The van der Waals surface area contributed by atoms with E-state index in [2.05, 4.69) is 4.90 Å².